The lowest BCUT2D eigenvalue weighted by molar-refractivity contribution is 1.01. The minimum atomic E-state index is 0.445. The second-order valence-electron chi connectivity index (χ2n) is 6.91. The molecule has 0 fully saturated rings. The summed E-state index contributed by atoms with van der Waals surface area (Å²) in [4.78, 5) is 9.56. The Morgan fingerprint density at radius 2 is 1.45 bits per heavy atom. The van der Waals surface area contributed by atoms with E-state index in [2.05, 4.69) is 10.6 Å². The molecule has 1 aromatic heterocycles. The second-order valence-corrected chi connectivity index (χ2v) is 8.16. The normalized spacial score (nSPS) is 10.7. The van der Waals surface area contributed by atoms with Gasteiger partial charge in [-0.3, -0.25) is 0 Å². The molecule has 4 rings (SSSR count). The smallest absolute Gasteiger partial charge is 0.161 e. The molecule has 0 aliphatic rings. The Morgan fingerprint density at radius 1 is 0.774 bits per heavy atom. The first kappa shape index (κ1) is 21.4. The minimum Gasteiger partial charge on any atom is -0.378 e. The maximum absolute atomic E-state index is 6.32. The van der Waals surface area contributed by atoms with Gasteiger partial charge in [-0.25, -0.2) is 9.97 Å². The van der Waals surface area contributed by atoms with Crippen molar-refractivity contribution in [1.82, 2.24) is 9.97 Å². The number of aromatic nitrogens is 2. The number of nitrogens with one attached hydrogen (secondary N) is 2. The van der Waals surface area contributed by atoms with E-state index in [0.29, 0.717) is 38.9 Å². The monoisotopic (exact) mass is 468 g/mol. The predicted octanol–water partition coefficient (Wildman–Crippen LogP) is 7.77. The summed E-state index contributed by atoms with van der Waals surface area (Å²) in [6.07, 6.45) is 0. The first-order chi connectivity index (χ1) is 15.0. The van der Waals surface area contributed by atoms with E-state index in [0.717, 1.165) is 22.5 Å². The molecule has 0 atom stereocenters. The first-order valence-electron chi connectivity index (χ1n) is 9.64. The van der Waals surface area contributed by atoms with Crippen LogP contribution in [-0.2, 0) is 6.54 Å². The Labute approximate surface area is 196 Å². The molecule has 4 nitrogen and oxygen atoms in total. The van der Waals surface area contributed by atoms with E-state index in [-0.39, 0.29) is 0 Å². The van der Waals surface area contributed by atoms with Crippen molar-refractivity contribution in [1.29, 1.82) is 0 Å². The maximum Gasteiger partial charge on any atom is 0.161 e. The average Bonchev–Trinajstić information content (AvgIpc) is 2.77. The fourth-order valence-electron chi connectivity index (χ4n) is 3.14. The van der Waals surface area contributed by atoms with Crippen LogP contribution in [-0.4, -0.2) is 9.97 Å². The molecule has 0 bridgehead atoms. The van der Waals surface area contributed by atoms with Gasteiger partial charge in [0.1, 0.15) is 5.82 Å². The summed E-state index contributed by atoms with van der Waals surface area (Å²) in [6, 6.07) is 22.8. The second kappa shape index (κ2) is 9.56. The van der Waals surface area contributed by atoms with E-state index in [9.17, 15) is 0 Å². The standard InChI is InChI=1S/C24H19Cl3N4/c1-15-19(14-28-22-20(26)8-5-9-21(22)27)24(30-18-12-10-17(25)11-13-18)31-23(29-15)16-6-3-2-4-7-16/h2-13,28H,14H2,1H3,(H,29,30,31). The summed E-state index contributed by atoms with van der Waals surface area (Å²) >= 11 is 18.7. The zero-order chi connectivity index (χ0) is 21.8. The summed E-state index contributed by atoms with van der Waals surface area (Å²) in [5, 5.41) is 8.51. The number of hydrogen-bond acceptors (Lipinski definition) is 4. The molecule has 0 spiro atoms. The molecular weight excluding hydrogens is 451 g/mol. The topological polar surface area (TPSA) is 49.8 Å². The largest absolute Gasteiger partial charge is 0.378 e. The zero-order valence-electron chi connectivity index (χ0n) is 16.7. The Morgan fingerprint density at radius 3 is 2.13 bits per heavy atom. The van der Waals surface area contributed by atoms with E-state index in [1.807, 2.05) is 67.6 Å². The van der Waals surface area contributed by atoms with Crippen LogP contribution in [0.3, 0.4) is 0 Å². The molecule has 0 unspecified atom stereocenters. The highest BCUT2D eigenvalue weighted by Gasteiger charge is 2.15. The lowest BCUT2D eigenvalue weighted by Gasteiger charge is -2.17. The molecule has 0 saturated heterocycles. The van der Waals surface area contributed by atoms with Gasteiger partial charge in [0.2, 0.25) is 0 Å². The van der Waals surface area contributed by atoms with Crippen molar-refractivity contribution in [3.63, 3.8) is 0 Å². The minimum absolute atomic E-state index is 0.445. The van der Waals surface area contributed by atoms with Crippen LogP contribution in [0.15, 0.2) is 72.8 Å². The van der Waals surface area contributed by atoms with Crippen LogP contribution in [0, 0.1) is 6.92 Å². The van der Waals surface area contributed by atoms with Crippen LogP contribution in [0.4, 0.5) is 17.2 Å². The highest BCUT2D eigenvalue weighted by molar-refractivity contribution is 6.39. The Balaban J connectivity index is 1.72. The van der Waals surface area contributed by atoms with Crippen molar-refractivity contribution in [3.05, 3.63) is 99.1 Å². The van der Waals surface area contributed by atoms with Gasteiger partial charge in [0.15, 0.2) is 5.82 Å². The SMILES string of the molecule is Cc1nc(-c2ccccc2)nc(Nc2ccc(Cl)cc2)c1CNc1c(Cl)cccc1Cl. The van der Waals surface area contributed by atoms with E-state index in [1.165, 1.54) is 0 Å². The summed E-state index contributed by atoms with van der Waals surface area (Å²) in [5.74, 6) is 1.35. The Bertz CT molecular complexity index is 1180. The third-order valence-corrected chi connectivity index (χ3v) is 5.64. The summed E-state index contributed by atoms with van der Waals surface area (Å²) in [5.41, 5.74) is 4.25. The number of nitrogens with zero attached hydrogens (tertiary/aromatic N) is 2. The summed E-state index contributed by atoms with van der Waals surface area (Å²) in [7, 11) is 0. The molecule has 0 amide bonds. The number of benzene rings is 3. The summed E-state index contributed by atoms with van der Waals surface area (Å²) in [6.45, 7) is 2.41. The molecular formula is C24H19Cl3N4. The highest BCUT2D eigenvalue weighted by atomic mass is 35.5. The zero-order valence-corrected chi connectivity index (χ0v) is 18.9. The molecule has 2 N–H and O–H groups in total. The molecule has 31 heavy (non-hydrogen) atoms. The number of anilines is 3. The summed E-state index contributed by atoms with van der Waals surface area (Å²) < 4.78 is 0. The van der Waals surface area contributed by atoms with Crippen LogP contribution >= 0.6 is 34.8 Å². The first-order valence-corrected chi connectivity index (χ1v) is 10.8. The molecule has 0 radical (unpaired) electrons. The van der Waals surface area contributed by atoms with Crippen LogP contribution in [0.2, 0.25) is 15.1 Å². The maximum atomic E-state index is 6.32. The van der Waals surface area contributed by atoms with Gasteiger partial charge in [-0.05, 0) is 43.3 Å². The molecule has 0 aliphatic carbocycles. The molecule has 1 heterocycles. The number of hydrogen-bond donors (Lipinski definition) is 2. The molecule has 4 aromatic rings. The van der Waals surface area contributed by atoms with E-state index >= 15 is 0 Å². The molecule has 3 aromatic carbocycles. The number of rotatable bonds is 6. The van der Waals surface area contributed by atoms with Crippen LogP contribution < -0.4 is 10.6 Å². The number of para-hydroxylation sites is 1. The van der Waals surface area contributed by atoms with Crippen molar-refractivity contribution in [2.75, 3.05) is 10.6 Å². The predicted molar refractivity (Wildman–Crippen MR) is 131 cm³/mol. The lowest BCUT2D eigenvalue weighted by atomic mass is 10.1. The van der Waals surface area contributed by atoms with Gasteiger partial charge < -0.3 is 10.6 Å². The molecule has 0 aliphatic heterocycles. The van der Waals surface area contributed by atoms with Crippen molar-refractivity contribution in [2.24, 2.45) is 0 Å². The van der Waals surface area contributed by atoms with Gasteiger partial charge in [-0.1, -0.05) is 71.2 Å². The van der Waals surface area contributed by atoms with Gasteiger partial charge in [0.25, 0.3) is 0 Å². The van der Waals surface area contributed by atoms with Crippen LogP contribution in [0.5, 0.6) is 0 Å². The van der Waals surface area contributed by atoms with Gasteiger partial charge >= 0.3 is 0 Å². The molecule has 0 saturated carbocycles. The number of halogens is 3. The Hall–Kier alpha value is -2.79. The van der Waals surface area contributed by atoms with Crippen LogP contribution in [0.1, 0.15) is 11.3 Å². The average molecular weight is 470 g/mol. The van der Waals surface area contributed by atoms with Crippen molar-refractivity contribution < 1.29 is 0 Å². The highest BCUT2D eigenvalue weighted by Crippen LogP contribution is 2.32. The van der Waals surface area contributed by atoms with Crippen LogP contribution in [0.25, 0.3) is 11.4 Å². The lowest BCUT2D eigenvalue weighted by Crippen LogP contribution is -2.10. The Kier molecular flexibility index (Phi) is 6.62. The van der Waals surface area contributed by atoms with Crippen molar-refractivity contribution in [2.45, 2.75) is 13.5 Å². The van der Waals surface area contributed by atoms with Crippen molar-refractivity contribution >= 4 is 52.0 Å². The van der Waals surface area contributed by atoms with E-state index in [4.69, 9.17) is 44.8 Å². The molecule has 156 valence electrons. The quantitative estimate of drug-likeness (QED) is 0.303. The third kappa shape index (κ3) is 5.10. The fraction of sp³-hybridized carbons (Fsp3) is 0.0833. The van der Waals surface area contributed by atoms with Gasteiger partial charge in [0.05, 0.1) is 15.7 Å². The van der Waals surface area contributed by atoms with Crippen molar-refractivity contribution in [3.8, 4) is 11.4 Å². The molecule has 7 heteroatoms. The fourth-order valence-corrected chi connectivity index (χ4v) is 3.80. The van der Waals surface area contributed by atoms with Gasteiger partial charge in [-0.15, -0.1) is 0 Å². The third-order valence-electron chi connectivity index (χ3n) is 4.76. The van der Waals surface area contributed by atoms with Gasteiger partial charge in [-0.2, -0.15) is 0 Å². The van der Waals surface area contributed by atoms with E-state index in [1.54, 1.807) is 12.1 Å². The van der Waals surface area contributed by atoms with Gasteiger partial charge in [0, 0.05) is 34.1 Å². The number of aryl methyl sites for hydroxylation is 1. The van der Waals surface area contributed by atoms with E-state index < -0.39 is 0 Å².